The third-order valence-electron chi connectivity index (χ3n) is 5.61. The van der Waals surface area contributed by atoms with Crippen LogP contribution in [-0.4, -0.2) is 17.5 Å². The Bertz CT molecular complexity index is 967. The van der Waals surface area contributed by atoms with Gasteiger partial charge in [-0.25, -0.2) is 13.6 Å². The Morgan fingerprint density at radius 2 is 1.87 bits per heavy atom. The van der Waals surface area contributed by atoms with Gasteiger partial charge in [0.15, 0.2) is 0 Å². The number of ketones is 1. The first-order valence-corrected chi connectivity index (χ1v) is 10.6. The van der Waals surface area contributed by atoms with E-state index < -0.39 is 29.2 Å². The number of alkyl carbamates (subject to hydrolysis) is 1. The maximum atomic E-state index is 14.3. The number of benzene rings is 2. The molecule has 3 rings (SSSR count). The predicted octanol–water partition coefficient (Wildman–Crippen LogP) is 5.86. The summed E-state index contributed by atoms with van der Waals surface area (Å²) in [6.45, 7) is 7.18. The molecule has 3 atom stereocenters. The predicted molar refractivity (Wildman–Crippen MR) is 115 cm³/mol. The Kier molecular flexibility index (Phi) is 6.77. The number of Topliss-reactive ketones (excluding diaryl/α,β-unsaturated/α-hetero) is 1. The molecule has 31 heavy (non-hydrogen) atoms. The fourth-order valence-electron chi connectivity index (χ4n) is 4.30. The smallest absolute Gasteiger partial charge is 0.408 e. The molecule has 1 unspecified atom stereocenters. The number of hydrogen-bond acceptors (Lipinski definition) is 3. The quantitative estimate of drug-likeness (QED) is 0.626. The standard InChI is InChI=1S/C25H29F2NO3/c1-5-18(20-11-10-17(26)14-21(20)27)22(29)13-16-12-15-8-6-7-9-19(15)23(16)28-24(30)31-25(2,3)4/h6-11,14,16,18,23H,5,12-13H2,1-4H3,(H,28,30)/t16-,18?,23-/m0/s1. The third-order valence-corrected chi connectivity index (χ3v) is 5.61. The van der Waals surface area contributed by atoms with E-state index in [2.05, 4.69) is 5.32 Å². The highest BCUT2D eigenvalue weighted by Crippen LogP contribution is 2.40. The van der Waals surface area contributed by atoms with E-state index in [1.54, 1.807) is 20.8 Å². The molecule has 2 aromatic rings. The Morgan fingerprint density at radius 1 is 1.16 bits per heavy atom. The Hall–Kier alpha value is -2.76. The topological polar surface area (TPSA) is 55.4 Å². The minimum Gasteiger partial charge on any atom is -0.444 e. The van der Waals surface area contributed by atoms with Crippen molar-refractivity contribution in [1.29, 1.82) is 0 Å². The van der Waals surface area contributed by atoms with Gasteiger partial charge in [0, 0.05) is 18.4 Å². The van der Waals surface area contributed by atoms with Crippen LogP contribution in [0.4, 0.5) is 13.6 Å². The van der Waals surface area contributed by atoms with E-state index >= 15 is 0 Å². The van der Waals surface area contributed by atoms with Crippen molar-refractivity contribution in [2.24, 2.45) is 5.92 Å². The molecule has 0 fully saturated rings. The van der Waals surface area contributed by atoms with Crippen molar-refractivity contribution in [2.75, 3.05) is 0 Å². The van der Waals surface area contributed by atoms with E-state index in [0.717, 1.165) is 17.2 Å². The highest BCUT2D eigenvalue weighted by atomic mass is 19.1. The second-order valence-corrected chi connectivity index (χ2v) is 9.08. The summed E-state index contributed by atoms with van der Waals surface area (Å²) in [6, 6.07) is 10.7. The molecule has 0 heterocycles. The molecular weight excluding hydrogens is 400 g/mol. The van der Waals surface area contributed by atoms with Crippen molar-refractivity contribution in [2.45, 2.75) is 64.5 Å². The number of carbonyl (C=O) groups excluding carboxylic acids is 2. The first kappa shape index (κ1) is 22.9. The lowest BCUT2D eigenvalue weighted by molar-refractivity contribution is -0.121. The van der Waals surface area contributed by atoms with Crippen molar-refractivity contribution in [3.63, 3.8) is 0 Å². The number of hydrogen-bond donors (Lipinski definition) is 1. The zero-order valence-electron chi connectivity index (χ0n) is 18.4. The molecule has 6 heteroatoms. The maximum Gasteiger partial charge on any atom is 0.408 e. The first-order valence-electron chi connectivity index (χ1n) is 10.6. The van der Waals surface area contributed by atoms with E-state index in [1.165, 1.54) is 12.1 Å². The van der Waals surface area contributed by atoms with Gasteiger partial charge in [0.1, 0.15) is 23.0 Å². The van der Waals surface area contributed by atoms with Gasteiger partial charge in [-0.2, -0.15) is 0 Å². The van der Waals surface area contributed by atoms with Crippen LogP contribution in [0.25, 0.3) is 0 Å². The minimum atomic E-state index is -0.710. The molecule has 2 aromatic carbocycles. The van der Waals surface area contributed by atoms with E-state index in [4.69, 9.17) is 4.74 Å². The molecule has 1 aliphatic rings. The fraction of sp³-hybridized carbons (Fsp3) is 0.440. The summed E-state index contributed by atoms with van der Waals surface area (Å²) in [5.41, 5.74) is 1.61. The van der Waals surface area contributed by atoms with E-state index in [1.807, 2.05) is 31.2 Å². The Morgan fingerprint density at radius 3 is 2.52 bits per heavy atom. The van der Waals surface area contributed by atoms with Gasteiger partial charge in [-0.05, 0) is 62.3 Å². The monoisotopic (exact) mass is 429 g/mol. The van der Waals surface area contributed by atoms with Gasteiger partial charge in [0.05, 0.1) is 6.04 Å². The van der Waals surface area contributed by atoms with Gasteiger partial charge in [-0.15, -0.1) is 0 Å². The third kappa shape index (κ3) is 5.49. The van der Waals surface area contributed by atoms with Gasteiger partial charge >= 0.3 is 6.09 Å². The van der Waals surface area contributed by atoms with Crippen LogP contribution in [0.1, 0.15) is 69.2 Å². The summed E-state index contributed by atoms with van der Waals surface area (Å²) >= 11 is 0. The summed E-state index contributed by atoms with van der Waals surface area (Å²) in [5, 5.41) is 2.93. The SMILES string of the molecule is CCC(C(=O)C[C@@H]1Cc2ccccc2[C@H]1NC(=O)OC(C)(C)C)c1ccc(F)cc1F. The fourth-order valence-corrected chi connectivity index (χ4v) is 4.30. The van der Waals surface area contributed by atoms with Crippen molar-refractivity contribution in [3.8, 4) is 0 Å². The van der Waals surface area contributed by atoms with Crippen molar-refractivity contribution >= 4 is 11.9 Å². The molecular formula is C25H29F2NO3. The summed E-state index contributed by atoms with van der Waals surface area (Å²) in [4.78, 5) is 25.6. The van der Waals surface area contributed by atoms with Crippen LogP contribution < -0.4 is 5.32 Å². The molecule has 0 radical (unpaired) electrons. The van der Waals surface area contributed by atoms with Crippen LogP contribution in [0.3, 0.4) is 0 Å². The molecule has 1 N–H and O–H groups in total. The van der Waals surface area contributed by atoms with Crippen molar-refractivity contribution in [1.82, 2.24) is 5.32 Å². The number of nitrogens with one attached hydrogen (secondary N) is 1. The zero-order chi connectivity index (χ0) is 22.8. The van der Waals surface area contributed by atoms with Gasteiger partial charge in [-0.3, -0.25) is 4.79 Å². The van der Waals surface area contributed by atoms with E-state index in [-0.39, 0.29) is 29.7 Å². The highest BCUT2D eigenvalue weighted by Gasteiger charge is 2.37. The summed E-state index contributed by atoms with van der Waals surface area (Å²) < 4.78 is 33.0. The number of fused-ring (bicyclic) bond motifs is 1. The van der Waals surface area contributed by atoms with Crippen molar-refractivity contribution < 1.29 is 23.1 Å². The molecule has 1 amide bonds. The molecule has 0 saturated heterocycles. The van der Waals surface area contributed by atoms with Gasteiger partial charge in [0.25, 0.3) is 0 Å². The normalized spacial score (nSPS) is 18.9. The van der Waals surface area contributed by atoms with Crippen LogP contribution >= 0.6 is 0 Å². The van der Waals surface area contributed by atoms with Crippen LogP contribution in [0, 0.1) is 17.6 Å². The number of rotatable bonds is 6. The lowest BCUT2D eigenvalue weighted by Crippen LogP contribution is -2.37. The molecule has 166 valence electrons. The Labute approximate surface area is 182 Å². The Balaban J connectivity index is 1.81. The second-order valence-electron chi connectivity index (χ2n) is 9.08. The van der Waals surface area contributed by atoms with Crippen LogP contribution in [0.2, 0.25) is 0 Å². The van der Waals surface area contributed by atoms with Crippen LogP contribution in [0.15, 0.2) is 42.5 Å². The van der Waals surface area contributed by atoms with Gasteiger partial charge in [0.2, 0.25) is 0 Å². The van der Waals surface area contributed by atoms with Crippen LogP contribution in [-0.2, 0) is 16.0 Å². The van der Waals surface area contributed by atoms with Crippen molar-refractivity contribution in [3.05, 3.63) is 70.8 Å². The molecule has 4 nitrogen and oxygen atoms in total. The van der Waals surface area contributed by atoms with Gasteiger partial charge in [-0.1, -0.05) is 37.3 Å². The average Bonchev–Trinajstić information content (AvgIpc) is 2.99. The molecule has 0 aliphatic heterocycles. The molecule has 0 saturated carbocycles. The second kappa shape index (κ2) is 9.16. The lowest BCUT2D eigenvalue weighted by atomic mass is 9.85. The number of halogens is 2. The first-order chi connectivity index (χ1) is 14.6. The minimum absolute atomic E-state index is 0.123. The lowest BCUT2D eigenvalue weighted by Gasteiger charge is -2.26. The molecule has 0 aromatic heterocycles. The average molecular weight is 430 g/mol. The maximum absolute atomic E-state index is 14.3. The highest BCUT2D eigenvalue weighted by molar-refractivity contribution is 5.86. The van der Waals surface area contributed by atoms with Crippen LogP contribution in [0.5, 0.6) is 0 Å². The summed E-state index contributed by atoms with van der Waals surface area (Å²) in [5.74, 6) is -2.34. The summed E-state index contributed by atoms with van der Waals surface area (Å²) in [6.07, 6.45) is 0.670. The zero-order valence-corrected chi connectivity index (χ0v) is 18.4. The molecule has 1 aliphatic carbocycles. The number of amides is 1. The molecule has 0 spiro atoms. The largest absolute Gasteiger partial charge is 0.444 e. The van der Waals surface area contributed by atoms with E-state index in [9.17, 15) is 18.4 Å². The van der Waals surface area contributed by atoms with Gasteiger partial charge < -0.3 is 10.1 Å². The number of carbonyl (C=O) groups is 2. The van der Waals surface area contributed by atoms with E-state index in [0.29, 0.717) is 12.8 Å². The summed E-state index contributed by atoms with van der Waals surface area (Å²) in [7, 11) is 0. The number of ether oxygens (including phenoxy) is 1. The molecule has 0 bridgehead atoms.